The van der Waals surface area contributed by atoms with E-state index < -0.39 is 15.7 Å². The Kier molecular flexibility index (Phi) is 6.99. The Morgan fingerprint density at radius 3 is 2.79 bits per heavy atom. The van der Waals surface area contributed by atoms with Crippen LogP contribution in [0.1, 0.15) is 31.7 Å². The number of hydrogen-bond acceptors (Lipinski definition) is 7. The first-order chi connectivity index (χ1) is 16.3. The summed E-state index contributed by atoms with van der Waals surface area (Å²) in [6, 6.07) is 9.39. The molecule has 1 aliphatic heterocycles. The number of carbonyl (C=O) groups is 1. The van der Waals surface area contributed by atoms with Gasteiger partial charge in [-0.3, -0.25) is 4.79 Å². The van der Waals surface area contributed by atoms with E-state index in [4.69, 9.17) is 11.6 Å². The van der Waals surface area contributed by atoms with Crippen molar-refractivity contribution in [1.82, 2.24) is 9.97 Å². The molecule has 0 aliphatic carbocycles. The Bertz CT molecular complexity index is 1350. The summed E-state index contributed by atoms with van der Waals surface area (Å²) in [5.74, 6) is -0.710. The molecule has 1 aliphatic rings. The number of nitrogens with one attached hydrogen (secondary N) is 3. The van der Waals surface area contributed by atoms with Gasteiger partial charge in [-0.25, -0.2) is 17.8 Å². The molecule has 0 unspecified atom stereocenters. The molecule has 1 amide bonds. The summed E-state index contributed by atoms with van der Waals surface area (Å²) >= 11 is 6.22. The number of aromatic nitrogens is 2. The van der Waals surface area contributed by atoms with E-state index in [0.29, 0.717) is 18.5 Å². The number of amides is 1. The third-order valence-electron chi connectivity index (χ3n) is 5.26. The van der Waals surface area contributed by atoms with Crippen LogP contribution >= 0.6 is 11.6 Å². The number of para-hydroxylation sites is 1. The lowest BCUT2D eigenvalue weighted by molar-refractivity contribution is -0.116. The molecule has 0 radical (unpaired) electrons. The van der Waals surface area contributed by atoms with Crippen molar-refractivity contribution >= 4 is 56.2 Å². The second-order valence-corrected chi connectivity index (χ2v) is 10.3. The zero-order valence-corrected chi connectivity index (χ0v) is 19.9. The number of halogens is 2. The normalized spacial score (nSPS) is 13.6. The summed E-state index contributed by atoms with van der Waals surface area (Å²) in [7, 11) is -3.71. The van der Waals surface area contributed by atoms with Crippen molar-refractivity contribution in [2.24, 2.45) is 0 Å². The fraction of sp³-hybridized carbons (Fsp3) is 0.261. The molecule has 2 aromatic carbocycles. The van der Waals surface area contributed by atoms with Crippen LogP contribution in [0.2, 0.25) is 5.02 Å². The number of aryl methyl sites for hydroxylation is 1. The fourth-order valence-electron chi connectivity index (χ4n) is 3.67. The quantitative estimate of drug-likeness (QED) is 0.405. The number of sulfone groups is 1. The molecule has 3 aromatic rings. The van der Waals surface area contributed by atoms with E-state index in [0.717, 1.165) is 30.2 Å². The molecule has 0 bridgehead atoms. The molecule has 0 fully saturated rings. The Labute approximate surface area is 201 Å². The summed E-state index contributed by atoms with van der Waals surface area (Å²) < 4.78 is 39.9. The monoisotopic (exact) mass is 503 g/mol. The Morgan fingerprint density at radius 1 is 1.18 bits per heavy atom. The van der Waals surface area contributed by atoms with E-state index in [1.54, 1.807) is 13.0 Å². The third kappa shape index (κ3) is 5.28. The van der Waals surface area contributed by atoms with E-state index in [9.17, 15) is 17.6 Å². The molecule has 2 heterocycles. The number of hydrogen-bond donors (Lipinski definition) is 3. The Balaban J connectivity index is 1.63. The van der Waals surface area contributed by atoms with Crippen molar-refractivity contribution in [3.8, 4) is 0 Å². The molecule has 178 valence electrons. The van der Waals surface area contributed by atoms with Gasteiger partial charge in [0, 0.05) is 17.8 Å². The van der Waals surface area contributed by atoms with Gasteiger partial charge in [0.05, 0.1) is 22.5 Å². The van der Waals surface area contributed by atoms with Gasteiger partial charge >= 0.3 is 0 Å². The number of anilines is 5. The molecule has 0 spiro atoms. The lowest BCUT2D eigenvalue weighted by Gasteiger charge is -2.15. The average Bonchev–Trinajstić information content (AvgIpc) is 2.97. The first-order valence-corrected chi connectivity index (χ1v) is 12.8. The van der Waals surface area contributed by atoms with Gasteiger partial charge in [-0.05, 0) is 49.1 Å². The van der Waals surface area contributed by atoms with Gasteiger partial charge < -0.3 is 16.0 Å². The van der Waals surface area contributed by atoms with Gasteiger partial charge in [0.15, 0.2) is 15.7 Å². The number of nitrogens with zero attached hydrogens (tertiary/aromatic N) is 2. The largest absolute Gasteiger partial charge is 0.335 e. The number of rotatable bonds is 7. The maximum Gasteiger partial charge on any atom is 0.229 e. The van der Waals surface area contributed by atoms with Crippen LogP contribution in [-0.4, -0.2) is 30.0 Å². The zero-order valence-electron chi connectivity index (χ0n) is 18.4. The van der Waals surface area contributed by atoms with Crippen molar-refractivity contribution in [3.05, 3.63) is 59.0 Å². The standard InChI is InChI=1S/C23H23ClFN5O3S/c1-2-11-34(32,33)19-7-4-6-17(25)21(19)29-22-16(24)13-26-23(30-22)27-15-10-9-14-5-3-8-20(31)28-18(14)12-15/h4,6-7,9-10,12-13H,2-3,5,8,11H2,1H3,(H,28,31)(H2,26,27,29,30). The molecule has 1 aromatic heterocycles. The molecular weight excluding hydrogens is 481 g/mol. The molecule has 4 rings (SSSR count). The van der Waals surface area contributed by atoms with Crippen LogP contribution in [0.5, 0.6) is 0 Å². The van der Waals surface area contributed by atoms with Crippen LogP contribution in [0, 0.1) is 5.82 Å². The fourth-order valence-corrected chi connectivity index (χ4v) is 5.31. The van der Waals surface area contributed by atoms with Gasteiger partial charge in [0.25, 0.3) is 0 Å². The Morgan fingerprint density at radius 2 is 2.00 bits per heavy atom. The van der Waals surface area contributed by atoms with E-state index in [1.807, 2.05) is 12.1 Å². The van der Waals surface area contributed by atoms with Gasteiger partial charge in [0.2, 0.25) is 11.9 Å². The summed E-state index contributed by atoms with van der Waals surface area (Å²) in [6.45, 7) is 1.73. The third-order valence-corrected chi connectivity index (χ3v) is 7.49. The first kappa shape index (κ1) is 23.9. The molecule has 0 atom stereocenters. The molecule has 34 heavy (non-hydrogen) atoms. The average molecular weight is 504 g/mol. The van der Waals surface area contributed by atoms with Gasteiger partial charge in [-0.2, -0.15) is 4.98 Å². The van der Waals surface area contributed by atoms with E-state index in [2.05, 4.69) is 25.9 Å². The van der Waals surface area contributed by atoms with Crippen LogP contribution in [-0.2, 0) is 21.1 Å². The Hall–Kier alpha value is -3.24. The van der Waals surface area contributed by atoms with Gasteiger partial charge in [-0.1, -0.05) is 30.7 Å². The molecular formula is C23H23ClFN5O3S. The predicted octanol–water partition coefficient (Wildman–Crippen LogP) is 5.21. The minimum atomic E-state index is -3.71. The second-order valence-electron chi connectivity index (χ2n) is 7.85. The SMILES string of the molecule is CCCS(=O)(=O)c1cccc(F)c1Nc1nc(Nc2ccc3c(c2)NC(=O)CCC3)ncc1Cl. The molecule has 11 heteroatoms. The maximum atomic E-state index is 14.6. The lowest BCUT2D eigenvalue weighted by atomic mass is 10.1. The maximum absolute atomic E-state index is 14.6. The van der Waals surface area contributed by atoms with Crippen LogP contribution in [0.25, 0.3) is 0 Å². The smallest absolute Gasteiger partial charge is 0.229 e. The highest BCUT2D eigenvalue weighted by Gasteiger charge is 2.22. The summed E-state index contributed by atoms with van der Waals surface area (Å²) in [5, 5.41) is 8.74. The van der Waals surface area contributed by atoms with Crippen molar-refractivity contribution in [2.75, 3.05) is 21.7 Å². The lowest BCUT2D eigenvalue weighted by Crippen LogP contribution is -2.11. The number of fused-ring (bicyclic) bond motifs is 1. The topological polar surface area (TPSA) is 113 Å². The first-order valence-electron chi connectivity index (χ1n) is 10.8. The molecule has 0 saturated carbocycles. The van der Waals surface area contributed by atoms with Crippen LogP contribution in [0.15, 0.2) is 47.5 Å². The molecule has 3 N–H and O–H groups in total. The second kappa shape index (κ2) is 9.94. The van der Waals surface area contributed by atoms with Crippen LogP contribution < -0.4 is 16.0 Å². The van der Waals surface area contributed by atoms with Crippen molar-refractivity contribution in [2.45, 2.75) is 37.5 Å². The van der Waals surface area contributed by atoms with E-state index in [-0.39, 0.29) is 39.0 Å². The van der Waals surface area contributed by atoms with Crippen molar-refractivity contribution in [3.63, 3.8) is 0 Å². The predicted molar refractivity (Wildman–Crippen MR) is 130 cm³/mol. The highest BCUT2D eigenvalue weighted by atomic mass is 35.5. The van der Waals surface area contributed by atoms with E-state index >= 15 is 0 Å². The van der Waals surface area contributed by atoms with Crippen LogP contribution in [0.3, 0.4) is 0 Å². The van der Waals surface area contributed by atoms with Crippen LogP contribution in [0.4, 0.5) is 33.2 Å². The van der Waals surface area contributed by atoms with Crippen molar-refractivity contribution in [1.29, 1.82) is 0 Å². The van der Waals surface area contributed by atoms with Crippen molar-refractivity contribution < 1.29 is 17.6 Å². The summed E-state index contributed by atoms with van der Waals surface area (Å²) in [5.41, 5.74) is 2.16. The van der Waals surface area contributed by atoms with E-state index in [1.165, 1.54) is 18.3 Å². The minimum Gasteiger partial charge on any atom is -0.335 e. The molecule has 0 saturated heterocycles. The molecule has 8 nitrogen and oxygen atoms in total. The minimum absolute atomic E-state index is 0.0381. The van der Waals surface area contributed by atoms with Gasteiger partial charge in [0.1, 0.15) is 10.8 Å². The number of carbonyl (C=O) groups excluding carboxylic acids is 1. The van der Waals surface area contributed by atoms with Gasteiger partial charge in [-0.15, -0.1) is 0 Å². The summed E-state index contributed by atoms with van der Waals surface area (Å²) in [6.07, 6.45) is 3.77. The summed E-state index contributed by atoms with van der Waals surface area (Å²) in [4.78, 5) is 20.2. The highest BCUT2D eigenvalue weighted by Crippen LogP contribution is 2.32. The zero-order chi connectivity index (χ0) is 24.3. The number of benzene rings is 2. The highest BCUT2D eigenvalue weighted by molar-refractivity contribution is 7.91.